The maximum absolute atomic E-state index is 11.1. The van der Waals surface area contributed by atoms with E-state index in [0.717, 1.165) is 11.4 Å². The number of thioether (sulfide) groups is 4. The topological polar surface area (TPSA) is 73.5 Å². The Hall–Kier alpha value is -2.92. The number of hydrogen-bond donors (Lipinski definition) is 1. The van der Waals surface area contributed by atoms with E-state index in [2.05, 4.69) is 29.4 Å². The van der Waals surface area contributed by atoms with Crippen molar-refractivity contribution in [1.29, 1.82) is 0 Å². The third-order valence-corrected chi connectivity index (χ3v) is 10.7. The minimum atomic E-state index is -0.921. The fourth-order valence-corrected chi connectivity index (χ4v) is 8.90. The largest absolute Gasteiger partial charge is 0.478 e. The first kappa shape index (κ1) is 21.6. The van der Waals surface area contributed by atoms with Crippen LogP contribution in [0.1, 0.15) is 10.4 Å². The van der Waals surface area contributed by atoms with Crippen LogP contribution < -0.4 is 4.74 Å². The molecule has 0 atom stereocenters. The number of hydrogen-bond acceptors (Lipinski definition) is 7. The second kappa shape index (κ2) is 8.70. The summed E-state index contributed by atoms with van der Waals surface area (Å²) in [5, 5.41) is 9.09. The van der Waals surface area contributed by atoms with Crippen LogP contribution in [0.5, 0.6) is 5.75 Å². The average molecular weight is 523 g/mol. The molecule has 6 rings (SSSR count). The van der Waals surface area contributed by atoms with Crippen molar-refractivity contribution < 1.29 is 19.4 Å². The third kappa shape index (κ3) is 3.96. The van der Waals surface area contributed by atoms with Crippen LogP contribution in [0, 0.1) is 0 Å². The molecule has 34 heavy (non-hydrogen) atoms. The zero-order chi connectivity index (χ0) is 23.2. The Bertz CT molecular complexity index is 1420. The standard InChI is InChI=1S/C24H14N2O4S4/c27-13-30-17-7-5-16(6-8-17)26-11-20-21(12-26)34-24(33-20)23-31-18-9-25(10-19(18)32-23)15-3-1-14(2-4-15)22(28)29/h1-13H,(H,28,29). The molecule has 0 saturated heterocycles. The van der Waals surface area contributed by atoms with Crippen LogP contribution >= 0.6 is 47.0 Å². The number of fused-ring (bicyclic) bond motifs is 2. The van der Waals surface area contributed by atoms with E-state index in [4.69, 9.17) is 9.84 Å². The van der Waals surface area contributed by atoms with Gasteiger partial charge in [-0.1, -0.05) is 47.0 Å². The van der Waals surface area contributed by atoms with E-state index in [0.29, 0.717) is 12.2 Å². The first-order valence-corrected chi connectivity index (χ1v) is 13.3. The fraction of sp³-hybridized carbons (Fsp3) is 0. The van der Waals surface area contributed by atoms with E-state index in [1.54, 1.807) is 71.3 Å². The summed E-state index contributed by atoms with van der Waals surface area (Å²) in [4.78, 5) is 26.4. The zero-order valence-electron chi connectivity index (χ0n) is 17.2. The molecule has 0 saturated carbocycles. The van der Waals surface area contributed by atoms with Gasteiger partial charge < -0.3 is 19.0 Å². The number of nitrogens with zero attached hydrogens (tertiary/aromatic N) is 2. The summed E-state index contributed by atoms with van der Waals surface area (Å²) in [7, 11) is 0. The van der Waals surface area contributed by atoms with Crippen LogP contribution in [0.15, 0.2) is 101 Å². The predicted molar refractivity (Wildman–Crippen MR) is 136 cm³/mol. The summed E-state index contributed by atoms with van der Waals surface area (Å²) in [5.74, 6) is -0.398. The van der Waals surface area contributed by atoms with Crippen molar-refractivity contribution in [3.63, 3.8) is 0 Å². The number of carboxylic acid groups (broad SMARTS) is 1. The van der Waals surface area contributed by atoms with Crippen LogP contribution in [0.3, 0.4) is 0 Å². The van der Waals surface area contributed by atoms with Crippen LogP contribution in [0.4, 0.5) is 0 Å². The minimum Gasteiger partial charge on any atom is -0.478 e. The summed E-state index contributed by atoms with van der Waals surface area (Å²) in [5.41, 5.74) is 2.23. The number of carbonyl (C=O) groups is 2. The Balaban J connectivity index is 1.16. The lowest BCUT2D eigenvalue weighted by molar-refractivity contribution is -0.120. The molecule has 0 spiro atoms. The van der Waals surface area contributed by atoms with Crippen molar-refractivity contribution in [3.8, 4) is 17.1 Å². The second-order valence-electron chi connectivity index (χ2n) is 7.33. The monoisotopic (exact) mass is 522 g/mol. The second-order valence-corrected chi connectivity index (χ2v) is 12.1. The van der Waals surface area contributed by atoms with Crippen molar-refractivity contribution in [2.45, 2.75) is 19.6 Å². The Morgan fingerprint density at radius 2 is 1.12 bits per heavy atom. The van der Waals surface area contributed by atoms with Gasteiger partial charge in [-0.15, -0.1) is 0 Å². The molecule has 2 aromatic heterocycles. The lowest BCUT2D eigenvalue weighted by Crippen LogP contribution is -1.97. The Morgan fingerprint density at radius 3 is 1.50 bits per heavy atom. The van der Waals surface area contributed by atoms with Crippen molar-refractivity contribution in [1.82, 2.24) is 9.13 Å². The summed E-state index contributed by atoms with van der Waals surface area (Å²) >= 11 is 7.12. The van der Waals surface area contributed by atoms with Crippen LogP contribution in [-0.2, 0) is 4.79 Å². The van der Waals surface area contributed by atoms with Crippen molar-refractivity contribution in [2.24, 2.45) is 0 Å². The van der Waals surface area contributed by atoms with Gasteiger partial charge in [0.05, 0.1) is 14.0 Å². The average Bonchev–Trinajstić information content (AvgIpc) is 3.58. The SMILES string of the molecule is O=COc1ccc(-n2cc3c(c2)SC(=C2Sc4cn(-c5ccc(C(=O)O)cc5)cc4S2)S3)cc1. The van der Waals surface area contributed by atoms with E-state index < -0.39 is 5.97 Å². The van der Waals surface area contributed by atoms with E-state index in [1.165, 1.54) is 28.1 Å². The maximum atomic E-state index is 11.1. The molecule has 1 N–H and O–H groups in total. The maximum Gasteiger partial charge on any atom is 0.335 e. The normalized spacial score (nSPS) is 14.2. The Morgan fingerprint density at radius 1 is 0.706 bits per heavy atom. The quantitative estimate of drug-likeness (QED) is 0.290. The first-order chi connectivity index (χ1) is 16.6. The number of ether oxygens (including phenoxy) is 1. The van der Waals surface area contributed by atoms with E-state index in [-0.39, 0.29) is 5.56 Å². The summed E-state index contributed by atoms with van der Waals surface area (Å²) in [6, 6.07) is 14.3. The van der Waals surface area contributed by atoms with Crippen LogP contribution in [0.2, 0.25) is 0 Å². The number of benzene rings is 2. The Kier molecular flexibility index (Phi) is 5.53. The highest BCUT2D eigenvalue weighted by Crippen LogP contribution is 2.61. The molecule has 2 aliphatic heterocycles. The molecule has 10 heteroatoms. The molecule has 0 amide bonds. The molecular weight excluding hydrogens is 509 g/mol. The smallest absolute Gasteiger partial charge is 0.335 e. The van der Waals surface area contributed by atoms with Gasteiger partial charge in [0.1, 0.15) is 5.75 Å². The molecule has 4 aromatic rings. The minimum absolute atomic E-state index is 0.283. The highest BCUT2D eigenvalue weighted by Gasteiger charge is 2.29. The van der Waals surface area contributed by atoms with Gasteiger partial charge in [-0.05, 0) is 48.5 Å². The van der Waals surface area contributed by atoms with Gasteiger partial charge in [-0.2, -0.15) is 0 Å². The molecular formula is C24H14N2O4S4. The lowest BCUT2D eigenvalue weighted by Gasteiger charge is -2.06. The van der Waals surface area contributed by atoms with Gasteiger partial charge in [-0.3, -0.25) is 4.79 Å². The highest BCUT2D eigenvalue weighted by atomic mass is 32.2. The molecule has 6 nitrogen and oxygen atoms in total. The summed E-state index contributed by atoms with van der Waals surface area (Å²) < 4.78 is 11.6. The van der Waals surface area contributed by atoms with Gasteiger partial charge in [0.25, 0.3) is 6.47 Å². The number of aromatic carboxylic acids is 1. The van der Waals surface area contributed by atoms with E-state index in [1.807, 2.05) is 28.8 Å². The van der Waals surface area contributed by atoms with E-state index >= 15 is 0 Å². The fourth-order valence-electron chi connectivity index (χ4n) is 3.58. The summed E-state index contributed by atoms with van der Waals surface area (Å²) in [6.45, 7) is 0.427. The molecule has 2 aromatic carbocycles. The molecule has 0 radical (unpaired) electrons. The van der Waals surface area contributed by atoms with E-state index in [9.17, 15) is 9.59 Å². The van der Waals surface area contributed by atoms with Gasteiger partial charge in [0.2, 0.25) is 0 Å². The van der Waals surface area contributed by atoms with Gasteiger partial charge in [0, 0.05) is 55.7 Å². The third-order valence-electron chi connectivity index (χ3n) is 5.22. The molecule has 0 fully saturated rings. The van der Waals surface area contributed by atoms with Crippen LogP contribution in [0.25, 0.3) is 11.4 Å². The highest BCUT2D eigenvalue weighted by molar-refractivity contribution is 8.30. The molecule has 168 valence electrons. The zero-order valence-corrected chi connectivity index (χ0v) is 20.5. The van der Waals surface area contributed by atoms with Crippen LogP contribution in [-0.4, -0.2) is 26.7 Å². The van der Waals surface area contributed by atoms with Gasteiger partial charge in [0.15, 0.2) is 0 Å². The van der Waals surface area contributed by atoms with Crippen molar-refractivity contribution >= 4 is 59.5 Å². The number of carboxylic acids is 1. The van der Waals surface area contributed by atoms with Crippen molar-refractivity contribution in [3.05, 3.63) is 87.4 Å². The van der Waals surface area contributed by atoms with Gasteiger partial charge >= 0.3 is 5.97 Å². The Labute approximate surface area is 211 Å². The molecule has 4 heterocycles. The predicted octanol–water partition coefficient (Wildman–Crippen LogP) is 6.72. The number of carbonyl (C=O) groups excluding carboxylic acids is 1. The summed E-state index contributed by atoms with van der Waals surface area (Å²) in [6.07, 6.45) is 8.45. The van der Waals surface area contributed by atoms with Crippen molar-refractivity contribution in [2.75, 3.05) is 0 Å². The number of aromatic nitrogens is 2. The number of rotatable bonds is 5. The molecule has 0 aliphatic carbocycles. The molecule has 0 bridgehead atoms. The first-order valence-electron chi connectivity index (χ1n) is 10.0. The lowest BCUT2D eigenvalue weighted by atomic mass is 10.2. The van der Waals surface area contributed by atoms with Gasteiger partial charge in [-0.25, -0.2) is 4.79 Å². The molecule has 0 unspecified atom stereocenters. The molecule has 2 aliphatic rings.